The average molecular weight is 237 g/mol. The van der Waals surface area contributed by atoms with Crippen LogP contribution in [-0.4, -0.2) is 52.3 Å². The zero-order valence-electron chi connectivity index (χ0n) is 10.8. The van der Waals surface area contributed by atoms with Crippen LogP contribution in [0, 0.1) is 0 Å². The second kappa shape index (κ2) is 6.12. The lowest BCUT2D eigenvalue weighted by molar-refractivity contribution is 0.168. The molecule has 5 nitrogen and oxygen atoms in total. The third-order valence-corrected chi connectivity index (χ3v) is 3.70. The zero-order chi connectivity index (χ0) is 12.1. The van der Waals surface area contributed by atoms with Gasteiger partial charge in [-0.05, 0) is 46.3 Å². The van der Waals surface area contributed by atoms with E-state index in [1.54, 1.807) is 6.33 Å². The van der Waals surface area contributed by atoms with Crippen LogP contribution in [-0.2, 0) is 6.42 Å². The average Bonchev–Trinajstić information content (AvgIpc) is 2.82. The Kier molecular flexibility index (Phi) is 4.50. The standard InChI is InChI=1S/C12H23N5/c1-10-8-11(5-7-17(10)2)13-6-3-4-12-14-9-15-16-12/h9-11,13H,3-8H2,1-2H3,(H,14,15,16). The van der Waals surface area contributed by atoms with Gasteiger partial charge >= 0.3 is 0 Å². The molecule has 1 aromatic rings. The van der Waals surface area contributed by atoms with E-state index < -0.39 is 0 Å². The Morgan fingerprint density at radius 3 is 3.18 bits per heavy atom. The van der Waals surface area contributed by atoms with Crippen LogP contribution in [0.15, 0.2) is 6.33 Å². The first-order valence-electron chi connectivity index (χ1n) is 6.53. The SMILES string of the molecule is CC1CC(NCCCc2ncn[nH]2)CCN1C. The van der Waals surface area contributed by atoms with Crippen LogP contribution in [0.25, 0.3) is 0 Å². The maximum absolute atomic E-state index is 4.12. The lowest BCUT2D eigenvalue weighted by Gasteiger charge is -2.35. The second-order valence-electron chi connectivity index (χ2n) is 5.04. The fourth-order valence-corrected chi connectivity index (χ4v) is 2.39. The molecule has 0 bridgehead atoms. The summed E-state index contributed by atoms with van der Waals surface area (Å²) in [6, 6.07) is 1.39. The van der Waals surface area contributed by atoms with E-state index in [4.69, 9.17) is 0 Å². The van der Waals surface area contributed by atoms with Gasteiger partial charge in [0.15, 0.2) is 0 Å². The van der Waals surface area contributed by atoms with E-state index in [-0.39, 0.29) is 0 Å². The van der Waals surface area contributed by atoms with Gasteiger partial charge in [-0.15, -0.1) is 0 Å². The van der Waals surface area contributed by atoms with Gasteiger partial charge in [-0.3, -0.25) is 5.10 Å². The number of nitrogens with zero attached hydrogens (tertiary/aromatic N) is 3. The van der Waals surface area contributed by atoms with Crippen molar-refractivity contribution in [3.05, 3.63) is 12.2 Å². The Bertz CT molecular complexity index is 311. The Labute approximate surface area is 103 Å². The van der Waals surface area contributed by atoms with Gasteiger partial charge in [0, 0.05) is 18.5 Å². The summed E-state index contributed by atoms with van der Waals surface area (Å²) in [6.07, 6.45) is 6.20. The van der Waals surface area contributed by atoms with E-state index in [9.17, 15) is 0 Å². The Morgan fingerprint density at radius 1 is 1.59 bits per heavy atom. The van der Waals surface area contributed by atoms with E-state index in [1.807, 2.05) is 0 Å². The van der Waals surface area contributed by atoms with Crippen molar-refractivity contribution in [2.75, 3.05) is 20.1 Å². The number of rotatable bonds is 5. The number of hydrogen-bond donors (Lipinski definition) is 2. The number of aryl methyl sites for hydroxylation is 1. The van der Waals surface area contributed by atoms with E-state index in [2.05, 4.69) is 39.4 Å². The monoisotopic (exact) mass is 237 g/mol. The van der Waals surface area contributed by atoms with Crippen LogP contribution in [0.3, 0.4) is 0 Å². The third-order valence-electron chi connectivity index (χ3n) is 3.70. The van der Waals surface area contributed by atoms with Crippen LogP contribution in [0.4, 0.5) is 0 Å². The molecule has 0 aliphatic carbocycles. The van der Waals surface area contributed by atoms with Crippen molar-refractivity contribution in [3.63, 3.8) is 0 Å². The van der Waals surface area contributed by atoms with E-state index in [0.717, 1.165) is 25.2 Å². The van der Waals surface area contributed by atoms with Crippen molar-refractivity contribution >= 4 is 0 Å². The zero-order valence-corrected chi connectivity index (χ0v) is 10.8. The van der Waals surface area contributed by atoms with E-state index >= 15 is 0 Å². The quantitative estimate of drug-likeness (QED) is 0.744. The van der Waals surface area contributed by atoms with Crippen LogP contribution in [0.1, 0.15) is 32.0 Å². The van der Waals surface area contributed by atoms with Crippen molar-refractivity contribution in [1.29, 1.82) is 0 Å². The molecule has 0 spiro atoms. The summed E-state index contributed by atoms with van der Waals surface area (Å²) in [6.45, 7) is 4.59. The fraction of sp³-hybridized carbons (Fsp3) is 0.833. The molecule has 2 heterocycles. The van der Waals surface area contributed by atoms with E-state index in [1.165, 1.54) is 19.4 Å². The molecule has 1 fully saturated rings. The van der Waals surface area contributed by atoms with Crippen LogP contribution >= 0.6 is 0 Å². The Balaban J connectivity index is 1.59. The van der Waals surface area contributed by atoms with Gasteiger partial charge in [-0.25, -0.2) is 4.98 Å². The van der Waals surface area contributed by atoms with Crippen molar-refractivity contribution in [2.45, 2.75) is 44.7 Å². The van der Waals surface area contributed by atoms with Gasteiger partial charge in [0.05, 0.1) is 0 Å². The molecule has 5 heteroatoms. The first-order chi connectivity index (χ1) is 8.25. The van der Waals surface area contributed by atoms with Crippen molar-refractivity contribution < 1.29 is 0 Å². The molecule has 0 radical (unpaired) electrons. The summed E-state index contributed by atoms with van der Waals surface area (Å²) < 4.78 is 0. The number of aromatic amines is 1. The molecule has 96 valence electrons. The number of likely N-dealkylation sites (tertiary alicyclic amines) is 1. The Morgan fingerprint density at radius 2 is 2.47 bits per heavy atom. The topological polar surface area (TPSA) is 56.8 Å². The smallest absolute Gasteiger partial charge is 0.137 e. The largest absolute Gasteiger partial charge is 0.314 e. The Hall–Kier alpha value is -0.940. The molecule has 0 amide bonds. The molecule has 17 heavy (non-hydrogen) atoms. The number of H-pyrrole nitrogens is 1. The number of aromatic nitrogens is 3. The second-order valence-corrected chi connectivity index (χ2v) is 5.04. The van der Waals surface area contributed by atoms with Gasteiger partial charge in [-0.1, -0.05) is 0 Å². The summed E-state index contributed by atoms with van der Waals surface area (Å²) >= 11 is 0. The molecule has 0 aromatic carbocycles. The van der Waals surface area contributed by atoms with Crippen LogP contribution in [0.2, 0.25) is 0 Å². The molecular formula is C12H23N5. The predicted octanol–water partition coefficient (Wildman–Crippen LogP) is 0.810. The summed E-state index contributed by atoms with van der Waals surface area (Å²) in [5.41, 5.74) is 0. The highest BCUT2D eigenvalue weighted by molar-refractivity contribution is 4.83. The lowest BCUT2D eigenvalue weighted by Crippen LogP contribution is -2.45. The van der Waals surface area contributed by atoms with Crippen molar-refractivity contribution in [2.24, 2.45) is 0 Å². The van der Waals surface area contributed by atoms with Gasteiger partial charge < -0.3 is 10.2 Å². The van der Waals surface area contributed by atoms with E-state index in [0.29, 0.717) is 12.1 Å². The first-order valence-corrected chi connectivity index (χ1v) is 6.53. The number of piperidine rings is 1. The number of hydrogen-bond acceptors (Lipinski definition) is 4. The molecule has 1 aromatic heterocycles. The molecule has 2 rings (SSSR count). The molecule has 0 saturated carbocycles. The van der Waals surface area contributed by atoms with Crippen LogP contribution < -0.4 is 5.32 Å². The molecule has 2 atom stereocenters. The minimum absolute atomic E-state index is 0.691. The highest BCUT2D eigenvalue weighted by atomic mass is 15.2. The molecule has 1 saturated heterocycles. The molecular weight excluding hydrogens is 214 g/mol. The van der Waals surface area contributed by atoms with Crippen molar-refractivity contribution in [1.82, 2.24) is 25.4 Å². The normalized spacial score (nSPS) is 26.2. The highest BCUT2D eigenvalue weighted by Gasteiger charge is 2.21. The van der Waals surface area contributed by atoms with Gasteiger partial charge in [0.25, 0.3) is 0 Å². The first kappa shape index (κ1) is 12.5. The summed E-state index contributed by atoms with van der Waals surface area (Å²) in [4.78, 5) is 6.56. The minimum atomic E-state index is 0.691. The minimum Gasteiger partial charge on any atom is -0.314 e. The highest BCUT2D eigenvalue weighted by Crippen LogP contribution is 2.15. The predicted molar refractivity (Wildman–Crippen MR) is 67.8 cm³/mol. The molecule has 1 aliphatic heterocycles. The third kappa shape index (κ3) is 3.78. The van der Waals surface area contributed by atoms with Gasteiger partial charge in [0.1, 0.15) is 12.2 Å². The molecule has 2 unspecified atom stereocenters. The fourth-order valence-electron chi connectivity index (χ4n) is 2.39. The van der Waals surface area contributed by atoms with Gasteiger partial charge in [-0.2, -0.15) is 5.10 Å². The molecule has 2 N–H and O–H groups in total. The lowest BCUT2D eigenvalue weighted by atomic mass is 9.99. The summed E-state index contributed by atoms with van der Waals surface area (Å²) in [5, 5.41) is 10.4. The summed E-state index contributed by atoms with van der Waals surface area (Å²) in [5.74, 6) is 0.989. The molecule has 1 aliphatic rings. The van der Waals surface area contributed by atoms with Gasteiger partial charge in [0.2, 0.25) is 0 Å². The summed E-state index contributed by atoms with van der Waals surface area (Å²) in [7, 11) is 2.21. The van der Waals surface area contributed by atoms with Crippen molar-refractivity contribution in [3.8, 4) is 0 Å². The maximum atomic E-state index is 4.12. The number of nitrogens with one attached hydrogen (secondary N) is 2. The maximum Gasteiger partial charge on any atom is 0.137 e. The van der Waals surface area contributed by atoms with Crippen LogP contribution in [0.5, 0.6) is 0 Å².